The quantitative estimate of drug-likeness (QED) is 0.550. The molecule has 14 heavy (non-hydrogen) atoms. The predicted molar refractivity (Wildman–Crippen MR) is 55.8 cm³/mol. The highest BCUT2D eigenvalue weighted by molar-refractivity contribution is 7.67. The minimum atomic E-state index is -2.70. The van der Waals surface area contributed by atoms with Crippen LogP contribution in [0.5, 0.6) is 0 Å². The van der Waals surface area contributed by atoms with Gasteiger partial charge in [-0.15, -0.1) is 0 Å². The van der Waals surface area contributed by atoms with E-state index in [2.05, 4.69) is 9.50 Å². The van der Waals surface area contributed by atoms with Gasteiger partial charge in [-0.05, 0) is 18.6 Å². The smallest absolute Gasteiger partial charge is 0.257 e. The summed E-state index contributed by atoms with van der Waals surface area (Å²) in [7, 11) is -2.70. The van der Waals surface area contributed by atoms with Gasteiger partial charge in [0, 0.05) is 12.2 Å². The zero-order valence-corrected chi connectivity index (χ0v) is 8.57. The zero-order chi connectivity index (χ0) is 10.2. The van der Waals surface area contributed by atoms with Gasteiger partial charge in [0.1, 0.15) is 0 Å². The molecule has 0 atom stereocenters. The number of anilines is 1. The Morgan fingerprint density at radius 2 is 1.93 bits per heavy atom. The van der Waals surface area contributed by atoms with Crippen molar-refractivity contribution in [2.75, 3.05) is 18.5 Å². The molecular formula is C9H13NO3S. The summed E-state index contributed by atoms with van der Waals surface area (Å²) >= 11 is 0. The van der Waals surface area contributed by atoms with Crippen LogP contribution in [0.2, 0.25) is 0 Å². The number of para-hydroxylation sites is 1. The van der Waals surface area contributed by atoms with Gasteiger partial charge in [0.2, 0.25) is 0 Å². The SMILES string of the molecule is O=[SH](=O)OCCCNc1ccccc1. The van der Waals surface area contributed by atoms with E-state index < -0.39 is 11.0 Å². The van der Waals surface area contributed by atoms with Crippen LogP contribution in [0.3, 0.4) is 0 Å². The second kappa shape index (κ2) is 6.39. The first-order valence-corrected chi connectivity index (χ1v) is 5.45. The molecule has 0 spiro atoms. The molecule has 1 rings (SSSR count). The van der Waals surface area contributed by atoms with Gasteiger partial charge < -0.3 is 5.32 Å². The summed E-state index contributed by atoms with van der Waals surface area (Å²) in [5.74, 6) is 0. The molecule has 0 aliphatic heterocycles. The number of benzene rings is 1. The molecule has 0 amide bonds. The Morgan fingerprint density at radius 1 is 1.21 bits per heavy atom. The van der Waals surface area contributed by atoms with Crippen molar-refractivity contribution in [2.24, 2.45) is 0 Å². The Bertz CT molecular complexity index is 316. The predicted octanol–water partition coefficient (Wildman–Crippen LogP) is 1.03. The van der Waals surface area contributed by atoms with Crippen LogP contribution in [0.15, 0.2) is 30.3 Å². The molecule has 0 aromatic heterocycles. The Hall–Kier alpha value is -1.07. The van der Waals surface area contributed by atoms with E-state index in [0.717, 1.165) is 5.69 Å². The molecule has 5 heteroatoms. The number of hydrogen-bond acceptors (Lipinski definition) is 4. The van der Waals surface area contributed by atoms with Crippen molar-refractivity contribution in [1.29, 1.82) is 0 Å². The molecule has 0 bridgehead atoms. The van der Waals surface area contributed by atoms with Crippen molar-refractivity contribution >= 4 is 16.7 Å². The molecule has 4 nitrogen and oxygen atoms in total. The minimum absolute atomic E-state index is 0.235. The number of nitrogens with one attached hydrogen (secondary N) is 1. The summed E-state index contributed by atoms with van der Waals surface area (Å²) in [5.41, 5.74) is 1.03. The van der Waals surface area contributed by atoms with Crippen LogP contribution in [0, 0.1) is 0 Å². The molecule has 0 radical (unpaired) electrons. The summed E-state index contributed by atoms with van der Waals surface area (Å²) in [6.07, 6.45) is 0.665. The molecule has 0 heterocycles. The summed E-state index contributed by atoms with van der Waals surface area (Å²) in [4.78, 5) is 0. The number of thiol groups is 1. The van der Waals surface area contributed by atoms with Crippen molar-refractivity contribution in [3.8, 4) is 0 Å². The lowest BCUT2D eigenvalue weighted by atomic mass is 10.3. The first kappa shape index (κ1) is 11.0. The summed E-state index contributed by atoms with van der Waals surface area (Å²) in [5, 5.41) is 3.14. The van der Waals surface area contributed by atoms with Crippen molar-refractivity contribution in [2.45, 2.75) is 6.42 Å². The van der Waals surface area contributed by atoms with Gasteiger partial charge in [0.05, 0.1) is 6.61 Å². The second-order valence-corrected chi connectivity index (χ2v) is 3.41. The highest BCUT2D eigenvalue weighted by Gasteiger charge is 1.90. The van der Waals surface area contributed by atoms with E-state index in [1.165, 1.54) is 0 Å². The van der Waals surface area contributed by atoms with Crippen LogP contribution in [0.25, 0.3) is 0 Å². The molecule has 78 valence electrons. The van der Waals surface area contributed by atoms with Crippen LogP contribution in [-0.2, 0) is 15.2 Å². The Morgan fingerprint density at radius 3 is 2.57 bits per heavy atom. The van der Waals surface area contributed by atoms with E-state index in [1.807, 2.05) is 30.3 Å². The fraction of sp³-hybridized carbons (Fsp3) is 0.333. The third-order valence-corrected chi connectivity index (χ3v) is 2.01. The van der Waals surface area contributed by atoms with E-state index in [4.69, 9.17) is 0 Å². The van der Waals surface area contributed by atoms with Gasteiger partial charge >= 0.3 is 0 Å². The average Bonchev–Trinajstić information content (AvgIpc) is 2.18. The van der Waals surface area contributed by atoms with Crippen molar-refractivity contribution in [1.82, 2.24) is 0 Å². The van der Waals surface area contributed by atoms with Gasteiger partial charge in [0.25, 0.3) is 11.0 Å². The third kappa shape index (κ3) is 4.84. The maximum Gasteiger partial charge on any atom is 0.257 e. The average molecular weight is 215 g/mol. The normalized spacial score (nSPS) is 10.4. The maximum atomic E-state index is 10.0. The first-order chi connectivity index (χ1) is 6.79. The molecule has 0 unspecified atom stereocenters. The van der Waals surface area contributed by atoms with Crippen molar-refractivity contribution < 1.29 is 12.6 Å². The highest BCUT2D eigenvalue weighted by Crippen LogP contribution is 2.04. The molecular weight excluding hydrogens is 202 g/mol. The fourth-order valence-electron chi connectivity index (χ4n) is 1.000. The van der Waals surface area contributed by atoms with Crippen LogP contribution in [0.1, 0.15) is 6.42 Å². The zero-order valence-electron chi connectivity index (χ0n) is 7.68. The molecule has 1 aromatic carbocycles. The molecule has 0 aliphatic carbocycles. The lowest BCUT2D eigenvalue weighted by molar-refractivity contribution is 0.330. The Kier molecular flexibility index (Phi) is 5.03. The Labute approximate surface area is 85.1 Å². The number of rotatable bonds is 6. The van der Waals surface area contributed by atoms with E-state index in [1.54, 1.807) is 0 Å². The molecule has 0 saturated carbocycles. The standard InChI is InChI=1S/C9H13NO3S/c11-14(12)13-8-4-7-10-9-5-2-1-3-6-9/h1-3,5-6,10,14H,4,7-8H2. The third-order valence-electron chi connectivity index (χ3n) is 1.62. The molecule has 1 N–H and O–H groups in total. The van der Waals surface area contributed by atoms with Gasteiger partial charge in [-0.25, -0.2) is 8.42 Å². The topological polar surface area (TPSA) is 55.4 Å². The molecule has 0 fully saturated rings. The summed E-state index contributed by atoms with van der Waals surface area (Å²) < 4.78 is 24.4. The van der Waals surface area contributed by atoms with Crippen molar-refractivity contribution in [3.63, 3.8) is 0 Å². The summed E-state index contributed by atoms with van der Waals surface area (Å²) in [6, 6.07) is 9.72. The Balaban J connectivity index is 2.10. The molecule has 1 aromatic rings. The highest BCUT2D eigenvalue weighted by atomic mass is 32.2. The first-order valence-electron chi connectivity index (χ1n) is 4.35. The summed E-state index contributed by atoms with van der Waals surface area (Å²) in [6.45, 7) is 0.936. The second-order valence-electron chi connectivity index (χ2n) is 2.70. The minimum Gasteiger partial charge on any atom is -0.385 e. The van der Waals surface area contributed by atoms with Gasteiger partial charge in [-0.2, -0.15) is 0 Å². The maximum absolute atomic E-state index is 10.0. The largest absolute Gasteiger partial charge is 0.385 e. The molecule has 0 saturated heterocycles. The van der Waals surface area contributed by atoms with Gasteiger partial charge in [0.15, 0.2) is 0 Å². The van der Waals surface area contributed by atoms with E-state index in [-0.39, 0.29) is 6.61 Å². The van der Waals surface area contributed by atoms with Crippen LogP contribution >= 0.6 is 0 Å². The fourth-order valence-corrected chi connectivity index (χ4v) is 1.28. The lowest BCUT2D eigenvalue weighted by Gasteiger charge is -2.04. The van der Waals surface area contributed by atoms with Crippen LogP contribution in [0.4, 0.5) is 5.69 Å². The van der Waals surface area contributed by atoms with Crippen molar-refractivity contribution in [3.05, 3.63) is 30.3 Å². The van der Waals surface area contributed by atoms with Crippen LogP contribution in [-0.4, -0.2) is 21.6 Å². The van der Waals surface area contributed by atoms with E-state index in [0.29, 0.717) is 13.0 Å². The van der Waals surface area contributed by atoms with Gasteiger partial charge in [-0.1, -0.05) is 18.2 Å². The van der Waals surface area contributed by atoms with Gasteiger partial charge in [-0.3, -0.25) is 4.18 Å². The van der Waals surface area contributed by atoms with E-state index >= 15 is 0 Å². The van der Waals surface area contributed by atoms with E-state index in [9.17, 15) is 8.42 Å². The lowest BCUT2D eigenvalue weighted by Crippen LogP contribution is -2.04. The van der Waals surface area contributed by atoms with Crippen LogP contribution < -0.4 is 5.32 Å². The number of hydrogen-bond donors (Lipinski definition) is 2. The molecule has 0 aliphatic rings. The monoisotopic (exact) mass is 215 g/mol.